The summed E-state index contributed by atoms with van der Waals surface area (Å²) in [4.78, 5) is 13.5. The fourth-order valence-corrected chi connectivity index (χ4v) is 2.44. The third-order valence-electron chi connectivity index (χ3n) is 3.40. The van der Waals surface area contributed by atoms with Gasteiger partial charge in [-0.1, -0.05) is 0 Å². The van der Waals surface area contributed by atoms with Crippen LogP contribution >= 0.6 is 0 Å². The Morgan fingerprint density at radius 1 is 1.56 bits per heavy atom. The highest BCUT2D eigenvalue weighted by Crippen LogP contribution is 2.22. The minimum absolute atomic E-state index is 0.0230. The monoisotopic (exact) mass is 227 g/mol. The highest BCUT2D eigenvalue weighted by molar-refractivity contribution is 5.77. The molecule has 0 saturated carbocycles. The van der Waals surface area contributed by atoms with E-state index >= 15 is 0 Å². The van der Waals surface area contributed by atoms with Crippen molar-refractivity contribution < 1.29 is 9.53 Å². The van der Waals surface area contributed by atoms with Crippen LogP contribution in [0.15, 0.2) is 0 Å². The third kappa shape index (κ3) is 2.93. The number of amides is 1. The lowest BCUT2D eigenvalue weighted by atomic mass is 10.2. The van der Waals surface area contributed by atoms with Gasteiger partial charge in [-0.2, -0.15) is 0 Å². The molecule has 2 saturated heterocycles. The lowest BCUT2D eigenvalue weighted by Gasteiger charge is -2.35. The summed E-state index contributed by atoms with van der Waals surface area (Å²) in [6, 6.07) is 0.648. The third-order valence-corrected chi connectivity index (χ3v) is 3.40. The van der Waals surface area contributed by atoms with E-state index in [-0.39, 0.29) is 12.0 Å². The van der Waals surface area contributed by atoms with Gasteiger partial charge in [0.1, 0.15) is 0 Å². The normalized spacial score (nSPS) is 30.1. The summed E-state index contributed by atoms with van der Waals surface area (Å²) >= 11 is 0. The number of hydrogen-bond donors (Lipinski definition) is 2. The molecule has 0 spiro atoms. The molecule has 2 unspecified atom stereocenters. The van der Waals surface area contributed by atoms with Gasteiger partial charge in [-0.25, -0.2) is 0 Å². The van der Waals surface area contributed by atoms with E-state index in [1.807, 2.05) is 0 Å². The minimum Gasteiger partial charge on any atom is -0.374 e. The quantitative estimate of drug-likeness (QED) is 0.659. The van der Waals surface area contributed by atoms with Crippen molar-refractivity contribution in [1.82, 2.24) is 15.5 Å². The molecule has 0 aromatic rings. The number of ether oxygens (including phenoxy) is 1. The van der Waals surface area contributed by atoms with Crippen LogP contribution < -0.4 is 10.6 Å². The van der Waals surface area contributed by atoms with Gasteiger partial charge in [0.25, 0.3) is 0 Å². The van der Waals surface area contributed by atoms with Gasteiger partial charge in [0.15, 0.2) is 0 Å². The number of fused-ring (bicyclic) bond motifs is 1. The molecule has 0 aliphatic carbocycles. The van der Waals surface area contributed by atoms with Crippen LogP contribution in [0.5, 0.6) is 0 Å². The Morgan fingerprint density at radius 2 is 2.44 bits per heavy atom. The van der Waals surface area contributed by atoms with E-state index in [4.69, 9.17) is 4.74 Å². The SMILES string of the molecule is CNC(=O)CNCC1CN2CCCC2CO1. The Morgan fingerprint density at radius 3 is 3.25 bits per heavy atom. The second kappa shape index (κ2) is 5.61. The lowest BCUT2D eigenvalue weighted by Crippen LogP contribution is -2.50. The number of hydrogen-bond acceptors (Lipinski definition) is 4. The Balaban J connectivity index is 1.65. The molecule has 0 aromatic heterocycles. The average molecular weight is 227 g/mol. The largest absolute Gasteiger partial charge is 0.374 e. The zero-order valence-electron chi connectivity index (χ0n) is 9.87. The molecule has 2 rings (SSSR count). The number of nitrogens with one attached hydrogen (secondary N) is 2. The van der Waals surface area contributed by atoms with Gasteiger partial charge in [-0.3, -0.25) is 9.69 Å². The van der Waals surface area contributed by atoms with E-state index < -0.39 is 0 Å². The molecule has 16 heavy (non-hydrogen) atoms. The predicted molar refractivity (Wildman–Crippen MR) is 61.3 cm³/mol. The lowest BCUT2D eigenvalue weighted by molar-refractivity contribution is -0.120. The summed E-state index contributed by atoms with van der Waals surface area (Å²) in [6.45, 7) is 4.20. The van der Waals surface area contributed by atoms with Crippen molar-refractivity contribution >= 4 is 5.91 Å². The van der Waals surface area contributed by atoms with Gasteiger partial charge >= 0.3 is 0 Å². The molecule has 92 valence electrons. The van der Waals surface area contributed by atoms with Gasteiger partial charge in [0.05, 0.1) is 19.3 Å². The first kappa shape index (κ1) is 11.8. The van der Waals surface area contributed by atoms with E-state index in [2.05, 4.69) is 15.5 Å². The Kier molecular flexibility index (Phi) is 4.15. The molecule has 2 heterocycles. The molecule has 2 N–H and O–H groups in total. The summed E-state index contributed by atoms with van der Waals surface area (Å²) in [5.74, 6) is 0.0230. The summed E-state index contributed by atoms with van der Waals surface area (Å²) in [6.07, 6.45) is 2.81. The van der Waals surface area contributed by atoms with Crippen molar-refractivity contribution in [1.29, 1.82) is 0 Å². The summed E-state index contributed by atoms with van der Waals surface area (Å²) in [7, 11) is 1.65. The van der Waals surface area contributed by atoms with E-state index in [0.29, 0.717) is 12.6 Å². The predicted octanol–water partition coefficient (Wildman–Crippen LogP) is -0.815. The summed E-state index contributed by atoms with van der Waals surface area (Å²) in [5, 5.41) is 5.71. The molecule has 2 atom stereocenters. The molecule has 0 bridgehead atoms. The van der Waals surface area contributed by atoms with Crippen LogP contribution in [0.4, 0.5) is 0 Å². The Labute approximate surface area is 96.5 Å². The maximum Gasteiger partial charge on any atom is 0.233 e. The van der Waals surface area contributed by atoms with Gasteiger partial charge in [0, 0.05) is 26.2 Å². The number of rotatable bonds is 4. The highest BCUT2D eigenvalue weighted by atomic mass is 16.5. The topological polar surface area (TPSA) is 53.6 Å². The van der Waals surface area contributed by atoms with Crippen molar-refractivity contribution in [2.75, 3.05) is 39.8 Å². The van der Waals surface area contributed by atoms with Crippen LogP contribution in [0.3, 0.4) is 0 Å². The average Bonchev–Trinajstić information content (AvgIpc) is 2.76. The standard InChI is InChI=1S/C11H21N3O2/c1-12-11(15)6-13-5-10-7-14-4-2-3-9(14)8-16-10/h9-10,13H,2-8H2,1H3,(H,12,15). The molecular weight excluding hydrogens is 206 g/mol. The Hall–Kier alpha value is -0.650. The van der Waals surface area contributed by atoms with Crippen molar-refractivity contribution in [3.63, 3.8) is 0 Å². The zero-order chi connectivity index (χ0) is 11.4. The van der Waals surface area contributed by atoms with Crippen LogP contribution in [-0.2, 0) is 9.53 Å². The molecule has 2 aliphatic rings. The first-order valence-electron chi connectivity index (χ1n) is 6.06. The molecule has 2 fully saturated rings. The maximum atomic E-state index is 11.0. The zero-order valence-corrected chi connectivity index (χ0v) is 9.87. The number of likely N-dealkylation sites (N-methyl/N-ethyl adjacent to an activating group) is 1. The van der Waals surface area contributed by atoms with E-state index in [1.165, 1.54) is 19.4 Å². The first-order valence-corrected chi connectivity index (χ1v) is 6.06. The fraction of sp³-hybridized carbons (Fsp3) is 0.909. The van der Waals surface area contributed by atoms with Crippen LogP contribution in [0.25, 0.3) is 0 Å². The molecule has 5 nitrogen and oxygen atoms in total. The molecule has 1 amide bonds. The number of carbonyl (C=O) groups excluding carboxylic acids is 1. The van der Waals surface area contributed by atoms with E-state index in [1.54, 1.807) is 7.05 Å². The molecular formula is C11H21N3O2. The molecule has 5 heteroatoms. The van der Waals surface area contributed by atoms with E-state index in [0.717, 1.165) is 19.7 Å². The maximum absolute atomic E-state index is 11.0. The number of nitrogens with zero attached hydrogens (tertiary/aromatic N) is 1. The van der Waals surface area contributed by atoms with Crippen LogP contribution in [0, 0.1) is 0 Å². The van der Waals surface area contributed by atoms with Crippen molar-refractivity contribution in [3.8, 4) is 0 Å². The van der Waals surface area contributed by atoms with Gasteiger partial charge in [-0.15, -0.1) is 0 Å². The molecule has 0 radical (unpaired) electrons. The van der Waals surface area contributed by atoms with Crippen molar-refractivity contribution in [2.45, 2.75) is 25.0 Å². The summed E-state index contributed by atoms with van der Waals surface area (Å²) in [5.41, 5.74) is 0. The van der Waals surface area contributed by atoms with Crippen LogP contribution in [0.1, 0.15) is 12.8 Å². The highest BCUT2D eigenvalue weighted by Gasteiger charge is 2.31. The molecule has 0 aromatic carbocycles. The van der Waals surface area contributed by atoms with Gasteiger partial charge in [0.2, 0.25) is 5.91 Å². The van der Waals surface area contributed by atoms with E-state index in [9.17, 15) is 4.79 Å². The van der Waals surface area contributed by atoms with Crippen molar-refractivity contribution in [2.24, 2.45) is 0 Å². The second-order valence-corrected chi connectivity index (χ2v) is 4.55. The fourth-order valence-electron chi connectivity index (χ4n) is 2.44. The molecule has 2 aliphatic heterocycles. The smallest absolute Gasteiger partial charge is 0.233 e. The minimum atomic E-state index is 0.0230. The van der Waals surface area contributed by atoms with Gasteiger partial charge in [-0.05, 0) is 19.4 Å². The van der Waals surface area contributed by atoms with Crippen LogP contribution in [0.2, 0.25) is 0 Å². The van der Waals surface area contributed by atoms with Gasteiger partial charge < -0.3 is 15.4 Å². The number of morpholine rings is 1. The first-order chi connectivity index (χ1) is 7.79. The second-order valence-electron chi connectivity index (χ2n) is 4.55. The summed E-state index contributed by atoms with van der Waals surface area (Å²) < 4.78 is 5.77. The number of carbonyl (C=O) groups is 1. The van der Waals surface area contributed by atoms with Crippen molar-refractivity contribution in [3.05, 3.63) is 0 Å². The Bertz CT molecular complexity index is 247. The van der Waals surface area contributed by atoms with Crippen LogP contribution in [-0.4, -0.2) is 62.8 Å².